The van der Waals surface area contributed by atoms with Crippen molar-refractivity contribution < 1.29 is 14.0 Å². The van der Waals surface area contributed by atoms with Crippen molar-refractivity contribution in [3.63, 3.8) is 0 Å². The van der Waals surface area contributed by atoms with Crippen molar-refractivity contribution in [3.05, 3.63) is 65.5 Å². The number of halogens is 1. The Morgan fingerprint density at radius 2 is 1.71 bits per heavy atom. The van der Waals surface area contributed by atoms with Gasteiger partial charge in [0.2, 0.25) is 0 Å². The van der Waals surface area contributed by atoms with E-state index in [0.717, 1.165) is 11.3 Å². The number of hydrogen-bond acceptors (Lipinski definition) is 4. The number of nitrogens with one attached hydrogen (secondary N) is 2. The molecule has 0 aliphatic rings. The van der Waals surface area contributed by atoms with E-state index in [1.165, 1.54) is 24.4 Å². The molecule has 2 aromatic carbocycles. The van der Waals surface area contributed by atoms with E-state index in [4.69, 9.17) is 0 Å². The van der Waals surface area contributed by atoms with E-state index >= 15 is 0 Å². The Kier molecular flexibility index (Phi) is 7.26. The molecule has 2 aromatic rings. The Balaban J connectivity index is 2.00. The van der Waals surface area contributed by atoms with E-state index in [1.54, 1.807) is 19.9 Å². The molecule has 7 heteroatoms. The fourth-order valence-electron chi connectivity index (χ4n) is 2.50. The molecular formula is C21H25FN4O2. The van der Waals surface area contributed by atoms with E-state index in [9.17, 15) is 14.0 Å². The highest BCUT2D eigenvalue weighted by Gasteiger charge is 2.25. The molecule has 28 heavy (non-hydrogen) atoms. The normalized spacial score (nSPS) is 12.1. The first-order valence-corrected chi connectivity index (χ1v) is 8.95. The van der Waals surface area contributed by atoms with Gasteiger partial charge in [-0.15, -0.1) is 0 Å². The zero-order valence-electron chi connectivity index (χ0n) is 16.4. The Hall–Kier alpha value is -3.22. The van der Waals surface area contributed by atoms with Crippen LogP contribution in [0.2, 0.25) is 0 Å². The van der Waals surface area contributed by atoms with E-state index in [0.29, 0.717) is 0 Å². The maximum Gasteiger partial charge on any atom is 0.262 e. The molecule has 0 fully saturated rings. The third-order valence-electron chi connectivity index (χ3n) is 4.15. The summed E-state index contributed by atoms with van der Waals surface area (Å²) in [4.78, 5) is 26.7. The predicted molar refractivity (Wildman–Crippen MR) is 109 cm³/mol. The maximum absolute atomic E-state index is 13.8. The zero-order valence-corrected chi connectivity index (χ0v) is 16.4. The number of carbonyl (C=O) groups is 2. The van der Waals surface area contributed by atoms with Crippen LogP contribution in [0.3, 0.4) is 0 Å². The summed E-state index contributed by atoms with van der Waals surface area (Å²) in [5.41, 5.74) is 4.20. The molecule has 0 aliphatic heterocycles. The van der Waals surface area contributed by atoms with Gasteiger partial charge in [-0.05, 0) is 35.7 Å². The molecule has 2 rings (SSSR count). The summed E-state index contributed by atoms with van der Waals surface area (Å²) in [6, 6.07) is 12.4. The second-order valence-corrected chi connectivity index (χ2v) is 6.90. The van der Waals surface area contributed by atoms with Crippen LogP contribution in [0.15, 0.2) is 53.6 Å². The second-order valence-electron chi connectivity index (χ2n) is 6.90. The van der Waals surface area contributed by atoms with Gasteiger partial charge in [-0.2, -0.15) is 5.10 Å². The minimum Gasteiger partial charge on any atom is -0.378 e. The molecule has 6 nitrogen and oxygen atoms in total. The van der Waals surface area contributed by atoms with Crippen LogP contribution in [0.5, 0.6) is 0 Å². The number of rotatable bonds is 7. The quantitative estimate of drug-likeness (QED) is 0.569. The summed E-state index contributed by atoms with van der Waals surface area (Å²) < 4.78 is 13.8. The second kappa shape index (κ2) is 9.64. The van der Waals surface area contributed by atoms with Gasteiger partial charge in [-0.3, -0.25) is 9.59 Å². The van der Waals surface area contributed by atoms with Gasteiger partial charge >= 0.3 is 0 Å². The third-order valence-corrected chi connectivity index (χ3v) is 4.15. The number of amides is 2. The monoisotopic (exact) mass is 384 g/mol. The lowest BCUT2D eigenvalue weighted by molar-refractivity contribution is -0.123. The third kappa shape index (κ3) is 5.64. The Morgan fingerprint density at radius 1 is 1.07 bits per heavy atom. The molecule has 0 aliphatic carbocycles. The summed E-state index contributed by atoms with van der Waals surface area (Å²) in [5.74, 6) is -1.96. The van der Waals surface area contributed by atoms with Crippen LogP contribution in [0.1, 0.15) is 29.8 Å². The fourth-order valence-corrected chi connectivity index (χ4v) is 2.50. The van der Waals surface area contributed by atoms with Gasteiger partial charge in [0.1, 0.15) is 11.9 Å². The number of nitrogens with zero attached hydrogens (tertiary/aromatic N) is 2. The van der Waals surface area contributed by atoms with Crippen LogP contribution in [0, 0.1) is 11.7 Å². The smallest absolute Gasteiger partial charge is 0.262 e. The molecule has 0 heterocycles. The van der Waals surface area contributed by atoms with Gasteiger partial charge in [0.05, 0.1) is 11.8 Å². The molecule has 0 bridgehead atoms. The Bertz CT molecular complexity index is 848. The van der Waals surface area contributed by atoms with Crippen molar-refractivity contribution in [1.82, 2.24) is 10.7 Å². The first-order chi connectivity index (χ1) is 13.3. The van der Waals surface area contributed by atoms with Crippen molar-refractivity contribution in [3.8, 4) is 0 Å². The summed E-state index contributed by atoms with van der Waals surface area (Å²) in [6.07, 6.45) is 1.52. The molecule has 1 unspecified atom stereocenters. The van der Waals surface area contributed by atoms with Crippen molar-refractivity contribution in [2.75, 3.05) is 19.0 Å². The average Bonchev–Trinajstić information content (AvgIpc) is 2.66. The lowest BCUT2D eigenvalue weighted by atomic mass is 10.0. The Labute approximate surface area is 164 Å². The highest BCUT2D eigenvalue weighted by Crippen LogP contribution is 2.11. The summed E-state index contributed by atoms with van der Waals surface area (Å²) in [7, 11) is 3.90. The minimum atomic E-state index is -0.847. The van der Waals surface area contributed by atoms with Crippen molar-refractivity contribution in [2.24, 2.45) is 11.0 Å². The van der Waals surface area contributed by atoms with Gasteiger partial charge in [-0.1, -0.05) is 38.1 Å². The summed E-state index contributed by atoms with van der Waals surface area (Å²) >= 11 is 0. The topological polar surface area (TPSA) is 73.8 Å². The average molecular weight is 384 g/mol. The van der Waals surface area contributed by atoms with Crippen LogP contribution in [0.25, 0.3) is 0 Å². The summed E-state index contributed by atoms with van der Waals surface area (Å²) in [6.45, 7) is 3.57. The van der Waals surface area contributed by atoms with E-state index in [2.05, 4.69) is 15.8 Å². The molecule has 1 atom stereocenters. The van der Waals surface area contributed by atoms with Crippen LogP contribution >= 0.6 is 0 Å². The number of hydrazone groups is 1. The molecule has 0 spiro atoms. The minimum absolute atomic E-state index is 0.106. The molecule has 2 amide bonds. The first kappa shape index (κ1) is 21.1. The van der Waals surface area contributed by atoms with Gasteiger partial charge in [0, 0.05) is 19.8 Å². The molecule has 0 saturated heterocycles. The van der Waals surface area contributed by atoms with Crippen LogP contribution in [-0.2, 0) is 4.79 Å². The molecule has 0 saturated carbocycles. The van der Waals surface area contributed by atoms with E-state index < -0.39 is 23.7 Å². The van der Waals surface area contributed by atoms with Gasteiger partial charge in [0.25, 0.3) is 11.8 Å². The largest absolute Gasteiger partial charge is 0.378 e. The van der Waals surface area contributed by atoms with Crippen molar-refractivity contribution in [1.29, 1.82) is 0 Å². The molecule has 2 N–H and O–H groups in total. The highest BCUT2D eigenvalue weighted by molar-refractivity contribution is 5.98. The number of anilines is 1. The summed E-state index contributed by atoms with van der Waals surface area (Å²) in [5, 5.41) is 6.52. The fraction of sp³-hybridized carbons (Fsp3) is 0.286. The van der Waals surface area contributed by atoms with Crippen LogP contribution < -0.4 is 15.6 Å². The van der Waals surface area contributed by atoms with E-state index in [1.807, 2.05) is 43.3 Å². The molecular weight excluding hydrogens is 359 g/mol. The predicted octanol–water partition coefficient (Wildman–Crippen LogP) is 2.80. The number of benzene rings is 2. The number of hydrogen-bond donors (Lipinski definition) is 2. The molecule has 0 aromatic heterocycles. The lowest BCUT2D eigenvalue weighted by Crippen LogP contribution is -2.48. The SMILES string of the molecule is CC(C)C(NC(=O)c1ccccc1F)C(=O)NN=Cc1ccc(N(C)C)cc1. The first-order valence-electron chi connectivity index (χ1n) is 8.95. The van der Waals surface area contributed by atoms with Gasteiger partial charge in [0.15, 0.2) is 0 Å². The van der Waals surface area contributed by atoms with Crippen LogP contribution in [-0.4, -0.2) is 38.2 Å². The van der Waals surface area contributed by atoms with Crippen molar-refractivity contribution >= 4 is 23.7 Å². The highest BCUT2D eigenvalue weighted by atomic mass is 19.1. The molecule has 148 valence electrons. The zero-order chi connectivity index (χ0) is 20.7. The standard InChI is InChI=1S/C21H25FN4O2/c1-14(2)19(24-20(27)17-7-5-6-8-18(17)22)21(28)25-23-13-15-9-11-16(12-10-15)26(3)4/h5-14,19H,1-4H3,(H,24,27)(H,25,28). The van der Waals surface area contributed by atoms with Crippen molar-refractivity contribution in [2.45, 2.75) is 19.9 Å². The van der Waals surface area contributed by atoms with E-state index in [-0.39, 0.29) is 11.5 Å². The number of carbonyl (C=O) groups excluding carboxylic acids is 2. The molecule has 0 radical (unpaired) electrons. The lowest BCUT2D eigenvalue weighted by Gasteiger charge is -2.20. The van der Waals surface area contributed by atoms with Gasteiger partial charge < -0.3 is 10.2 Å². The van der Waals surface area contributed by atoms with Gasteiger partial charge in [-0.25, -0.2) is 9.82 Å². The van der Waals surface area contributed by atoms with Crippen LogP contribution in [0.4, 0.5) is 10.1 Å². The maximum atomic E-state index is 13.8. The Morgan fingerprint density at radius 3 is 2.29 bits per heavy atom.